The average molecular weight is 331 g/mol. The molecule has 4 rings (SSSR count). The van der Waals surface area contributed by atoms with E-state index in [4.69, 9.17) is 0 Å². The molecule has 5 nitrogen and oxygen atoms in total. The van der Waals surface area contributed by atoms with E-state index in [1.54, 1.807) is 11.1 Å². The second kappa shape index (κ2) is 5.94. The average Bonchev–Trinajstić information content (AvgIpc) is 3.35. The Kier molecular flexibility index (Phi) is 4.22. The third kappa shape index (κ3) is 3.82. The van der Waals surface area contributed by atoms with Gasteiger partial charge in [0.15, 0.2) is 11.6 Å². The third-order valence-electron chi connectivity index (χ3n) is 5.51. The molecular weight excluding hydrogens is 306 g/mol. The first kappa shape index (κ1) is 17.1. The number of nitrogens with zero attached hydrogens (tertiary/aromatic N) is 1. The molecule has 4 aliphatic carbocycles. The summed E-state index contributed by atoms with van der Waals surface area (Å²) in [6.07, 6.45) is 8.70. The second-order valence-electron chi connectivity index (χ2n) is 8.31. The minimum Gasteiger partial charge on any atom is -0.383 e. The van der Waals surface area contributed by atoms with Crippen molar-refractivity contribution in [2.75, 3.05) is 14.1 Å². The largest absolute Gasteiger partial charge is 0.383 e. The van der Waals surface area contributed by atoms with Crippen molar-refractivity contribution in [3.05, 3.63) is 11.8 Å². The number of ketones is 4. The van der Waals surface area contributed by atoms with Crippen molar-refractivity contribution >= 4 is 23.1 Å². The Balaban J connectivity index is 0.000000149. The van der Waals surface area contributed by atoms with Crippen LogP contribution < -0.4 is 0 Å². The van der Waals surface area contributed by atoms with E-state index in [1.165, 1.54) is 0 Å². The van der Waals surface area contributed by atoms with Gasteiger partial charge in [-0.05, 0) is 36.5 Å². The Morgan fingerprint density at radius 3 is 1.54 bits per heavy atom. The summed E-state index contributed by atoms with van der Waals surface area (Å²) in [6, 6.07) is 0. The van der Waals surface area contributed by atoms with Gasteiger partial charge in [0.05, 0.1) is 12.0 Å². The number of allylic oxidation sites excluding steroid dienone is 1. The quantitative estimate of drug-likeness (QED) is 0.418. The smallest absolute Gasteiger partial charge is 0.168 e. The van der Waals surface area contributed by atoms with Crippen LogP contribution in [0, 0.1) is 10.8 Å². The SMILES string of the molecule is CN(C)C=C1C(=O)CC2(CC2)CC1=O.O=C1CC(=O)CC2(CC2)C1. The molecule has 0 N–H and O–H groups in total. The fourth-order valence-electron chi connectivity index (χ4n) is 3.80. The standard InChI is InChI=1S/C11H15NO2.C8H10O2/c1-12(2)7-8-9(13)5-11(3-4-11)6-10(8)14;9-6-3-7(10)5-8(4-6)1-2-8/h7H,3-6H2,1-2H3;1-5H2. The third-order valence-corrected chi connectivity index (χ3v) is 5.51. The molecule has 5 heteroatoms. The summed E-state index contributed by atoms with van der Waals surface area (Å²) in [4.78, 5) is 46.9. The number of carbonyl (C=O) groups excluding carboxylic acids is 4. The van der Waals surface area contributed by atoms with Crippen molar-refractivity contribution in [2.24, 2.45) is 10.8 Å². The number of hydrogen-bond donors (Lipinski definition) is 0. The van der Waals surface area contributed by atoms with Gasteiger partial charge in [-0.2, -0.15) is 0 Å². The van der Waals surface area contributed by atoms with E-state index in [-0.39, 0.29) is 40.4 Å². The molecule has 0 atom stereocenters. The Bertz CT molecular complexity index is 596. The van der Waals surface area contributed by atoms with Gasteiger partial charge >= 0.3 is 0 Å². The molecule has 0 unspecified atom stereocenters. The van der Waals surface area contributed by atoms with Crippen LogP contribution in [0.5, 0.6) is 0 Å². The minimum atomic E-state index is 0.0347. The first-order chi connectivity index (χ1) is 11.2. The number of rotatable bonds is 1. The van der Waals surface area contributed by atoms with Gasteiger partial charge in [0.2, 0.25) is 0 Å². The molecular formula is C19H25NO4. The molecule has 0 saturated heterocycles. The van der Waals surface area contributed by atoms with Crippen molar-refractivity contribution < 1.29 is 19.2 Å². The van der Waals surface area contributed by atoms with Crippen LogP contribution >= 0.6 is 0 Å². The van der Waals surface area contributed by atoms with Crippen molar-refractivity contribution in [3.63, 3.8) is 0 Å². The van der Waals surface area contributed by atoms with E-state index >= 15 is 0 Å². The van der Waals surface area contributed by atoms with E-state index in [0.717, 1.165) is 25.7 Å². The molecule has 24 heavy (non-hydrogen) atoms. The molecule has 4 fully saturated rings. The van der Waals surface area contributed by atoms with E-state index < -0.39 is 0 Å². The molecule has 2 spiro atoms. The second-order valence-corrected chi connectivity index (χ2v) is 8.31. The summed E-state index contributed by atoms with van der Waals surface area (Å²) < 4.78 is 0. The first-order valence-electron chi connectivity index (χ1n) is 8.71. The monoisotopic (exact) mass is 331 g/mol. The lowest BCUT2D eigenvalue weighted by molar-refractivity contribution is -0.132. The van der Waals surface area contributed by atoms with Gasteiger partial charge in [-0.1, -0.05) is 0 Å². The highest BCUT2D eigenvalue weighted by Crippen LogP contribution is 2.55. The van der Waals surface area contributed by atoms with Crippen LogP contribution in [0.15, 0.2) is 11.8 Å². The van der Waals surface area contributed by atoms with Crippen molar-refractivity contribution in [1.82, 2.24) is 4.90 Å². The summed E-state index contributed by atoms with van der Waals surface area (Å²) in [7, 11) is 3.66. The summed E-state index contributed by atoms with van der Waals surface area (Å²) in [6.45, 7) is 0. The van der Waals surface area contributed by atoms with Gasteiger partial charge in [-0.3, -0.25) is 19.2 Å². The van der Waals surface area contributed by atoms with E-state index in [1.807, 2.05) is 14.1 Å². The molecule has 4 aliphatic rings. The van der Waals surface area contributed by atoms with Crippen LogP contribution in [0.25, 0.3) is 0 Å². The van der Waals surface area contributed by atoms with Crippen LogP contribution in [0.2, 0.25) is 0 Å². The molecule has 0 aliphatic heterocycles. The predicted octanol–water partition coefficient (Wildman–Crippen LogP) is 2.23. The fourth-order valence-corrected chi connectivity index (χ4v) is 3.80. The zero-order valence-electron chi connectivity index (χ0n) is 14.5. The molecule has 0 amide bonds. The molecule has 130 valence electrons. The van der Waals surface area contributed by atoms with Crippen molar-refractivity contribution in [2.45, 2.75) is 57.8 Å². The Hall–Kier alpha value is -1.78. The Morgan fingerprint density at radius 2 is 1.17 bits per heavy atom. The van der Waals surface area contributed by atoms with Crippen LogP contribution in [-0.4, -0.2) is 42.1 Å². The lowest BCUT2D eigenvalue weighted by Crippen LogP contribution is -2.28. The normalized spacial score (nSPS) is 26.2. The maximum atomic E-state index is 11.7. The number of hydrogen-bond acceptors (Lipinski definition) is 5. The maximum Gasteiger partial charge on any atom is 0.168 e. The first-order valence-corrected chi connectivity index (χ1v) is 8.71. The van der Waals surface area contributed by atoms with E-state index in [0.29, 0.717) is 31.3 Å². The lowest BCUT2D eigenvalue weighted by atomic mass is 9.82. The zero-order chi connectivity index (χ0) is 17.5. The summed E-state index contributed by atoms with van der Waals surface area (Å²) in [5, 5.41) is 0. The van der Waals surface area contributed by atoms with Crippen LogP contribution in [0.3, 0.4) is 0 Å². The molecule has 4 saturated carbocycles. The molecule has 0 aromatic rings. The summed E-state index contributed by atoms with van der Waals surface area (Å²) in [5.74, 6) is 0.391. The predicted molar refractivity (Wildman–Crippen MR) is 88.2 cm³/mol. The van der Waals surface area contributed by atoms with Crippen LogP contribution in [-0.2, 0) is 19.2 Å². The summed E-state index contributed by atoms with van der Waals surface area (Å²) >= 11 is 0. The number of carbonyl (C=O) groups is 4. The molecule has 0 heterocycles. The number of Topliss-reactive ketones (excluding diaryl/α,β-unsaturated/α-hetero) is 4. The molecule has 0 aromatic carbocycles. The van der Waals surface area contributed by atoms with Gasteiger partial charge in [0.1, 0.15) is 11.6 Å². The van der Waals surface area contributed by atoms with Crippen LogP contribution in [0.4, 0.5) is 0 Å². The molecule has 0 aromatic heterocycles. The lowest BCUT2D eigenvalue weighted by Gasteiger charge is -2.21. The van der Waals surface area contributed by atoms with Crippen LogP contribution in [0.1, 0.15) is 57.8 Å². The maximum absolute atomic E-state index is 11.7. The van der Waals surface area contributed by atoms with E-state index in [9.17, 15) is 19.2 Å². The highest BCUT2D eigenvalue weighted by molar-refractivity contribution is 6.22. The van der Waals surface area contributed by atoms with Gasteiger partial charge in [0.25, 0.3) is 0 Å². The van der Waals surface area contributed by atoms with Gasteiger partial charge in [-0.25, -0.2) is 0 Å². The topological polar surface area (TPSA) is 71.5 Å². The van der Waals surface area contributed by atoms with Crippen molar-refractivity contribution in [3.8, 4) is 0 Å². The zero-order valence-corrected chi connectivity index (χ0v) is 14.5. The van der Waals surface area contributed by atoms with Gasteiger partial charge in [-0.15, -0.1) is 0 Å². The molecule has 0 radical (unpaired) electrons. The summed E-state index contributed by atoms with van der Waals surface area (Å²) in [5.41, 5.74) is 0.650. The fraction of sp³-hybridized carbons (Fsp3) is 0.684. The minimum absolute atomic E-state index is 0.0347. The molecule has 0 bridgehead atoms. The Morgan fingerprint density at radius 1 is 0.750 bits per heavy atom. The van der Waals surface area contributed by atoms with Crippen molar-refractivity contribution in [1.29, 1.82) is 0 Å². The highest BCUT2D eigenvalue weighted by atomic mass is 16.2. The van der Waals surface area contributed by atoms with Gasteiger partial charge < -0.3 is 4.90 Å². The Labute approximate surface area is 142 Å². The van der Waals surface area contributed by atoms with Gasteiger partial charge in [0, 0.05) is 46.0 Å². The van der Waals surface area contributed by atoms with E-state index in [2.05, 4.69) is 0 Å². The highest BCUT2D eigenvalue weighted by Gasteiger charge is 2.50.